The zero-order chi connectivity index (χ0) is 9.84. The minimum atomic E-state index is 0.208. The van der Waals surface area contributed by atoms with Crippen LogP contribution in [0.1, 0.15) is 18.1 Å². The van der Waals surface area contributed by atoms with Crippen LogP contribution in [-0.4, -0.2) is 5.11 Å². The molecule has 0 unspecified atom stereocenters. The molecule has 0 heterocycles. The van der Waals surface area contributed by atoms with Crippen LogP contribution < -0.4 is 5.73 Å². The quantitative estimate of drug-likeness (QED) is 0.422. The van der Waals surface area contributed by atoms with Crippen molar-refractivity contribution in [3.63, 3.8) is 0 Å². The Bertz CT molecular complexity index is 318. The van der Waals surface area contributed by atoms with Crippen molar-refractivity contribution in [1.82, 2.24) is 0 Å². The predicted octanol–water partition coefficient (Wildman–Crippen LogP) is 2.27. The number of aryl methyl sites for hydroxylation is 1. The molecule has 0 fully saturated rings. The van der Waals surface area contributed by atoms with Crippen molar-refractivity contribution in [2.75, 3.05) is 5.73 Å². The van der Waals surface area contributed by atoms with Crippen molar-refractivity contribution in [1.29, 1.82) is 0 Å². The summed E-state index contributed by atoms with van der Waals surface area (Å²) >= 11 is 0. The number of phenols is 1. The second-order valence-electron chi connectivity index (χ2n) is 2.99. The minimum Gasteiger partial charge on any atom is -0.505 e. The molecule has 70 valence electrons. The van der Waals surface area contributed by atoms with Gasteiger partial charge in [-0.1, -0.05) is 19.1 Å². The highest BCUT2D eigenvalue weighted by molar-refractivity contribution is 5.59. The fourth-order valence-electron chi connectivity index (χ4n) is 1.40. The SMILES string of the molecule is C=CCc1c(CC)ccc(N)c1O. The zero-order valence-electron chi connectivity index (χ0n) is 7.88. The van der Waals surface area contributed by atoms with Crippen LogP contribution in [0.15, 0.2) is 24.8 Å². The summed E-state index contributed by atoms with van der Waals surface area (Å²) in [5.41, 5.74) is 8.06. The van der Waals surface area contributed by atoms with Crippen LogP contribution in [0.5, 0.6) is 5.75 Å². The van der Waals surface area contributed by atoms with E-state index < -0.39 is 0 Å². The molecule has 0 saturated carbocycles. The van der Waals surface area contributed by atoms with Crippen LogP contribution in [0.25, 0.3) is 0 Å². The smallest absolute Gasteiger partial charge is 0.142 e. The standard InChI is InChI=1S/C11H15NO/c1-3-5-9-8(4-2)6-7-10(12)11(9)13/h3,6-7,13H,1,4-5,12H2,2H3. The van der Waals surface area contributed by atoms with E-state index in [1.54, 1.807) is 12.1 Å². The summed E-state index contributed by atoms with van der Waals surface area (Å²) < 4.78 is 0. The highest BCUT2D eigenvalue weighted by Gasteiger charge is 2.07. The second-order valence-corrected chi connectivity index (χ2v) is 2.99. The number of nitrogen functional groups attached to an aromatic ring is 1. The molecular weight excluding hydrogens is 162 g/mol. The van der Waals surface area contributed by atoms with Gasteiger partial charge in [-0.25, -0.2) is 0 Å². The number of aromatic hydroxyl groups is 1. The third-order valence-corrected chi connectivity index (χ3v) is 2.14. The normalized spacial score (nSPS) is 9.92. The predicted molar refractivity (Wildman–Crippen MR) is 55.8 cm³/mol. The first-order chi connectivity index (χ1) is 6.20. The molecule has 0 aliphatic rings. The fraction of sp³-hybridized carbons (Fsp3) is 0.273. The van der Waals surface area contributed by atoms with Crippen molar-refractivity contribution in [3.05, 3.63) is 35.9 Å². The molecule has 2 nitrogen and oxygen atoms in total. The maximum Gasteiger partial charge on any atom is 0.142 e. The van der Waals surface area contributed by atoms with Crippen LogP contribution in [0.2, 0.25) is 0 Å². The molecule has 13 heavy (non-hydrogen) atoms. The summed E-state index contributed by atoms with van der Waals surface area (Å²) in [5.74, 6) is 0.208. The summed E-state index contributed by atoms with van der Waals surface area (Å²) in [6, 6.07) is 3.69. The molecular formula is C11H15NO. The number of anilines is 1. The molecule has 0 spiro atoms. The number of rotatable bonds is 3. The molecule has 0 aliphatic carbocycles. The van der Waals surface area contributed by atoms with Gasteiger partial charge in [0.1, 0.15) is 5.75 Å². The van der Waals surface area contributed by atoms with Crippen LogP contribution in [0, 0.1) is 0 Å². The molecule has 0 aliphatic heterocycles. The lowest BCUT2D eigenvalue weighted by molar-refractivity contribution is 0.471. The summed E-state index contributed by atoms with van der Waals surface area (Å²) in [5, 5.41) is 9.67. The first-order valence-corrected chi connectivity index (χ1v) is 4.40. The van der Waals surface area contributed by atoms with E-state index in [1.165, 1.54) is 0 Å². The largest absolute Gasteiger partial charge is 0.505 e. The van der Waals surface area contributed by atoms with E-state index in [9.17, 15) is 5.11 Å². The molecule has 0 radical (unpaired) electrons. The summed E-state index contributed by atoms with van der Waals surface area (Å²) in [7, 11) is 0. The van der Waals surface area contributed by atoms with Gasteiger partial charge in [0.15, 0.2) is 0 Å². The van der Waals surface area contributed by atoms with E-state index in [0.29, 0.717) is 12.1 Å². The van der Waals surface area contributed by atoms with Gasteiger partial charge in [-0.2, -0.15) is 0 Å². The molecule has 1 rings (SSSR count). The number of nitrogens with two attached hydrogens (primary N) is 1. The number of allylic oxidation sites excluding steroid dienone is 1. The van der Waals surface area contributed by atoms with Gasteiger partial charge in [0, 0.05) is 5.56 Å². The Balaban J connectivity index is 3.23. The second kappa shape index (κ2) is 3.99. The molecule has 0 aromatic heterocycles. The number of benzene rings is 1. The van der Waals surface area contributed by atoms with Crippen molar-refractivity contribution in [2.45, 2.75) is 19.8 Å². The first-order valence-electron chi connectivity index (χ1n) is 4.40. The topological polar surface area (TPSA) is 46.2 Å². The van der Waals surface area contributed by atoms with Crippen molar-refractivity contribution < 1.29 is 5.11 Å². The lowest BCUT2D eigenvalue weighted by atomic mass is 10.0. The summed E-state index contributed by atoms with van der Waals surface area (Å²) in [4.78, 5) is 0. The summed E-state index contributed by atoms with van der Waals surface area (Å²) in [6.07, 6.45) is 3.34. The molecule has 2 heteroatoms. The van der Waals surface area contributed by atoms with Crippen LogP contribution in [0.4, 0.5) is 5.69 Å². The highest BCUT2D eigenvalue weighted by Crippen LogP contribution is 2.28. The molecule has 0 atom stereocenters. The minimum absolute atomic E-state index is 0.208. The molecule has 1 aromatic carbocycles. The zero-order valence-corrected chi connectivity index (χ0v) is 7.88. The Hall–Kier alpha value is -1.44. The monoisotopic (exact) mass is 177 g/mol. The molecule has 0 bridgehead atoms. The van der Waals surface area contributed by atoms with E-state index in [1.807, 2.05) is 6.07 Å². The Kier molecular flexibility index (Phi) is 2.96. The van der Waals surface area contributed by atoms with Gasteiger partial charge in [0.2, 0.25) is 0 Å². The maximum atomic E-state index is 9.67. The Morgan fingerprint density at radius 3 is 2.77 bits per heavy atom. The van der Waals surface area contributed by atoms with E-state index in [-0.39, 0.29) is 5.75 Å². The molecule has 0 amide bonds. The van der Waals surface area contributed by atoms with Gasteiger partial charge in [0.25, 0.3) is 0 Å². The van der Waals surface area contributed by atoms with Gasteiger partial charge in [-0.05, 0) is 24.5 Å². The highest BCUT2D eigenvalue weighted by atomic mass is 16.3. The van der Waals surface area contributed by atoms with E-state index in [2.05, 4.69) is 13.5 Å². The Morgan fingerprint density at radius 1 is 1.54 bits per heavy atom. The molecule has 3 N–H and O–H groups in total. The fourth-order valence-corrected chi connectivity index (χ4v) is 1.40. The third kappa shape index (κ3) is 1.83. The molecule has 1 aromatic rings. The van der Waals surface area contributed by atoms with Crippen LogP contribution in [-0.2, 0) is 12.8 Å². The Labute approximate surface area is 78.7 Å². The lowest BCUT2D eigenvalue weighted by Gasteiger charge is -2.09. The first kappa shape index (κ1) is 9.65. The Morgan fingerprint density at radius 2 is 2.23 bits per heavy atom. The summed E-state index contributed by atoms with van der Waals surface area (Å²) in [6.45, 7) is 5.70. The van der Waals surface area contributed by atoms with Crippen LogP contribution >= 0.6 is 0 Å². The number of hydrogen-bond donors (Lipinski definition) is 2. The van der Waals surface area contributed by atoms with Gasteiger partial charge in [-0.3, -0.25) is 0 Å². The van der Waals surface area contributed by atoms with Crippen molar-refractivity contribution in [2.24, 2.45) is 0 Å². The van der Waals surface area contributed by atoms with E-state index in [0.717, 1.165) is 17.5 Å². The molecule has 0 saturated heterocycles. The van der Waals surface area contributed by atoms with Gasteiger partial charge >= 0.3 is 0 Å². The number of hydrogen-bond acceptors (Lipinski definition) is 2. The van der Waals surface area contributed by atoms with E-state index >= 15 is 0 Å². The van der Waals surface area contributed by atoms with Gasteiger partial charge in [0.05, 0.1) is 5.69 Å². The van der Waals surface area contributed by atoms with Gasteiger partial charge in [-0.15, -0.1) is 6.58 Å². The van der Waals surface area contributed by atoms with Crippen LogP contribution in [0.3, 0.4) is 0 Å². The third-order valence-electron chi connectivity index (χ3n) is 2.14. The van der Waals surface area contributed by atoms with E-state index in [4.69, 9.17) is 5.73 Å². The lowest BCUT2D eigenvalue weighted by Crippen LogP contribution is -1.96. The average molecular weight is 177 g/mol. The maximum absolute atomic E-state index is 9.67. The number of phenolic OH excluding ortho intramolecular Hbond substituents is 1. The average Bonchev–Trinajstić information content (AvgIpc) is 2.14. The van der Waals surface area contributed by atoms with Crippen molar-refractivity contribution in [3.8, 4) is 5.75 Å². The van der Waals surface area contributed by atoms with Gasteiger partial charge < -0.3 is 10.8 Å². The van der Waals surface area contributed by atoms with Crippen molar-refractivity contribution >= 4 is 5.69 Å².